The van der Waals surface area contributed by atoms with Gasteiger partial charge in [-0.2, -0.15) is 5.10 Å². The van der Waals surface area contributed by atoms with Crippen LogP contribution >= 0.6 is 11.3 Å². The van der Waals surface area contributed by atoms with Crippen LogP contribution in [0.15, 0.2) is 30.3 Å². The van der Waals surface area contributed by atoms with Gasteiger partial charge in [-0.3, -0.25) is 25.0 Å². The molecule has 8 nitrogen and oxygen atoms in total. The Labute approximate surface area is 158 Å². The molecule has 9 heteroatoms. The number of hydrogen-bond acceptors (Lipinski definition) is 5. The summed E-state index contributed by atoms with van der Waals surface area (Å²) in [5, 5.41) is 8.56. The molecule has 3 aromatic rings. The Hall–Kier alpha value is -3.20. The van der Waals surface area contributed by atoms with E-state index in [9.17, 15) is 14.4 Å². The smallest absolute Gasteiger partial charge is 0.275 e. The van der Waals surface area contributed by atoms with E-state index >= 15 is 0 Å². The van der Waals surface area contributed by atoms with Crippen molar-refractivity contribution in [3.63, 3.8) is 0 Å². The standard InChI is InChI=1S/C18H17N5O3S/c1-10-3-5-12(6-4-10)8-22-17-13(11(2)20-22)7-14(27-17)16(25)21-23-9-15(24)19-18(23)26/h3-7H,8-9H2,1-2H3,(H,21,25)(H,19,24,26). The molecule has 0 aliphatic carbocycles. The van der Waals surface area contributed by atoms with Gasteiger partial charge in [0, 0.05) is 5.39 Å². The van der Waals surface area contributed by atoms with Crippen LogP contribution in [0.5, 0.6) is 0 Å². The van der Waals surface area contributed by atoms with Crippen LogP contribution in [0.4, 0.5) is 4.79 Å². The zero-order valence-electron chi connectivity index (χ0n) is 14.8. The topological polar surface area (TPSA) is 96.3 Å². The summed E-state index contributed by atoms with van der Waals surface area (Å²) in [5.41, 5.74) is 5.61. The lowest BCUT2D eigenvalue weighted by Crippen LogP contribution is -2.43. The van der Waals surface area contributed by atoms with E-state index in [2.05, 4.69) is 40.1 Å². The molecule has 0 saturated carbocycles. The van der Waals surface area contributed by atoms with Crippen LogP contribution in [0.3, 0.4) is 0 Å². The van der Waals surface area contributed by atoms with Crippen molar-refractivity contribution in [1.82, 2.24) is 25.5 Å². The van der Waals surface area contributed by atoms with Crippen molar-refractivity contribution in [2.75, 3.05) is 6.54 Å². The molecule has 4 amide bonds. The van der Waals surface area contributed by atoms with Crippen molar-refractivity contribution >= 4 is 39.4 Å². The highest BCUT2D eigenvalue weighted by atomic mass is 32.1. The van der Waals surface area contributed by atoms with Crippen molar-refractivity contribution in [2.24, 2.45) is 0 Å². The average molecular weight is 383 g/mol. The first-order valence-electron chi connectivity index (χ1n) is 8.35. The highest BCUT2D eigenvalue weighted by Gasteiger charge is 2.29. The van der Waals surface area contributed by atoms with Crippen molar-refractivity contribution in [3.05, 3.63) is 52.0 Å². The van der Waals surface area contributed by atoms with Crippen LogP contribution in [0.25, 0.3) is 10.2 Å². The van der Waals surface area contributed by atoms with Crippen molar-refractivity contribution in [2.45, 2.75) is 20.4 Å². The number of hydrogen-bond donors (Lipinski definition) is 2. The normalized spacial score (nSPS) is 14.1. The summed E-state index contributed by atoms with van der Waals surface area (Å²) >= 11 is 1.31. The number of thiophene rings is 1. The third kappa shape index (κ3) is 3.28. The molecule has 0 spiro atoms. The Kier molecular flexibility index (Phi) is 4.15. The van der Waals surface area contributed by atoms with Gasteiger partial charge in [0.2, 0.25) is 5.91 Å². The largest absolute Gasteiger partial charge is 0.343 e. The molecule has 1 saturated heterocycles. The SMILES string of the molecule is Cc1ccc(Cn2nc(C)c3cc(C(=O)NN4CC(=O)NC4=O)sc32)cc1. The van der Waals surface area contributed by atoms with Crippen molar-refractivity contribution < 1.29 is 14.4 Å². The molecular formula is C18H17N5O3S. The summed E-state index contributed by atoms with van der Waals surface area (Å²) in [4.78, 5) is 36.6. The van der Waals surface area contributed by atoms with Crippen molar-refractivity contribution in [3.8, 4) is 0 Å². The third-order valence-corrected chi connectivity index (χ3v) is 5.46. The van der Waals surface area contributed by atoms with E-state index < -0.39 is 17.8 Å². The van der Waals surface area contributed by atoms with Gasteiger partial charge in [-0.05, 0) is 25.5 Å². The monoisotopic (exact) mass is 383 g/mol. The Morgan fingerprint density at radius 2 is 2.00 bits per heavy atom. The molecule has 2 N–H and O–H groups in total. The predicted molar refractivity (Wildman–Crippen MR) is 100 cm³/mol. The number of benzene rings is 1. The number of aromatic nitrogens is 2. The lowest BCUT2D eigenvalue weighted by Gasteiger charge is -2.13. The van der Waals surface area contributed by atoms with Gasteiger partial charge in [0.15, 0.2) is 0 Å². The van der Waals surface area contributed by atoms with Crippen molar-refractivity contribution in [1.29, 1.82) is 0 Å². The molecule has 0 atom stereocenters. The molecule has 1 aliphatic rings. The van der Waals surface area contributed by atoms with Gasteiger partial charge in [-0.25, -0.2) is 9.80 Å². The molecule has 138 valence electrons. The third-order valence-electron chi connectivity index (χ3n) is 4.31. The highest BCUT2D eigenvalue weighted by Crippen LogP contribution is 2.29. The number of nitrogens with one attached hydrogen (secondary N) is 2. The summed E-state index contributed by atoms with van der Waals surface area (Å²) < 4.78 is 1.88. The molecule has 0 radical (unpaired) electrons. The number of urea groups is 1. The van der Waals surface area contributed by atoms with Crippen LogP contribution in [0, 0.1) is 13.8 Å². The number of imide groups is 1. The molecule has 1 aromatic carbocycles. The fraction of sp³-hybridized carbons (Fsp3) is 0.222. The highest BCUT2D eigenvalue weighted by molar-refractivity contribution is 7.20. The number of carbonyl (C=O) groups excluding carboxylic acids is 3. The summed E-state index contributed by atoms with van der Waals surface area (Å²) in [6.45, 7) is 4.36. The van der Waals surface area contributed by atoms with Crippen LogP contribution in [0.1, 0.15) is 26.5 Å². The second-order valence-electron chi connectivity index (χ2n) is 6.44. The van der Waals surface area contributed by atoms with Gasteiger partial charge >= 0.3 is 6.03 Å². The second-order valence-corrected chi connectivity index (χ2v) is 7.47. The van der Waals surface area contributed by atoms with E-state index in [1.165, 1.54) is 16.9 Å². The lowest BCUT2D eigenvalue weighted by atomic mass is 10.1. The van der Waals surface area contributed by atoms with Gasteiger partial charge in [-0.15, -0.1) is 11.3 Å². The minimum Gasteiger partial charge on any atom is -0.275 e. The van der Waals surface area contributed by atoms with E-state index in [4.69, 9.17) is 0 Å². The lowest BCUT2D eigenvalue weighted by molar-refractivity contribution is -0.118. The molecule has 1 aliphatic heterocycles. The maximum Gasteiger partial charge on any atom is 0.343 e. The van der Waals surface area contributed by atoms with Gasteiger partial charge in [0.1, 0.15) is 11.4 Å². The van der Waals surface area contributed by atoms with Crippen LogP contribution in [-0.4, -0.2) is 39.2 Å². The number of amides is 4. The number of rotatable bonds is 4. The Morgan fingerprint density at radius 1 is 1.26 bits per heavy atom. The predicted octanol–water partition coefficient (Wildman–Crippen LogP) is 1.96. The minimum absolute atomic E-state index is 0.185. The maximum atomic E-state index is 12.5. The van der Waals surface area contributed by atoms with Gasteiger partial charge in [-0.1, -0.05) is 29.8 Å². The fourth-order valence-corrected chi connectivity index (χ4v) is 3.96. The molecule has 27 heavy (non-hydrogen) atoms. The Morgan fingerprint density at radius 3 is 2.67 bits per heavy atom. The summed E-state index contributed by atoms with van der Waals surface area (Å²) in [5.74, 6) is -0.872. The quantitative estimate of drug-likeness (QED) is 0.673. The molecule has 4 rings (SSSR count). The van der Waals surface area contributed by atoms with Crippen LogP contribution < -0.4 is 10.7 Å². The van der Waals surface area contributed by atoms with E-state index in [1.807, 2.05) is 18.5 Å². The van der Waals surface area contributed by atoms with Crippen LogP contribution in [0.2, 0.25) is 0 Å². The number of carbonyl (C=O) groups is 3. The van der Waals surface area contributed by atoms with Gasteiger partial charge in [0.25, 0.3) is 5.91 Å². The molecule has 3 heterocycles. The number of fused-ring (bicyclic) bond motifs is 1. The summed E-state index contributed by atoms with van der Waals surface area (Å²) in [7, 11) is 0. The number of aryl methyl sites for hydroxylation is 2. The first kappa shape index (κ1) is 17.2. The van der Waals surface area contributed by atoms with Gasteiger partial charge < -0.3 is 0 Å². The number of hydrazine groups is 1. The molecule has 0 unspecified atom stereocenters. The molecular weight excluding hydrogens is 366 g/mol. The van der Waals surface area contributed by atoms with E-state index in [-0.39, 0.29) is 6.54 Å². The molecule has 0 bridgehead atoms. The van der Waals surface area contributed by atoms with E-state index in [0.717, 1.165) is 26.5 Å². The fourth-order valence-electron chi connectivity index (χ4n) is 2.91. The second kappa shape index (κ2) is 6.51. The zero-order valence-corrected chi connectivity index (χ0v) is 15.6. The van der Waals surface area contributed by atoms with E-state index in [1.54, 1.807) is 6.07 Å². The Balaban J connectivity index is 1.58. The molecule has 2 aromatic heterocycles. The van der Waals surface area contributed by atoms with Gasteiger partial charge in [0.05, 0.1) is 17.1 Å². The summed E-state index contributed by atoms with van der Waals surface area (Å²) in [6, 6.07) is 9.36. The van der Waals surface area contributed by atoms with E-state index in [0.29, 0.717) is 11.4 Å². The molecule has 1 fully saturated rings. The average Bonchev–Trinajstić information content (AvgIpc) is 3.27. The minimum atomic E-state index is -0.629. The summed E-state index contributed by atoms with van der Waals surface area (Å²) in [6.07, 6.45) is 0. The first-order valence-corrected chi connectivity index (χ1v) is 9.17. The zero-order chi connectivity index (χ0) is 19.1. The van der Waals surface area contributed by atoms with Crippen LogP contribution in [-0.2, 0) is 11.3 Å². The number of nitrogens with zero attached hydrogens (tertiary/aromatic N) is 3. The Bertz CT molecular complexity index is 1070. The first-order chi connectivity index (χ1) is 12.9. The maximum absolute atomic E-state index is 12.5.